The van der Waals surface area contributed by atoms with Gasteiger partial charge in [-0.15, -0.1) is 0 Å². The molecule has 1 saturated carbocycles. The molecule has 0 spiro atoms. The minimum atomic E-state index is -0.971. The molecule has 5 rings (SSSR count). The number of Topliss-reactive ketones (excluding diaryl/α,β-unsaturated/α-hetero) is 1. The Morgan fingerprint density at radius 1 is 0.735 bits per heavy atom. The van der Waals surface area contributed by atoms with E-state index >= 15 is 0 Å². The number of rotatable bonds is 22. The summed E-state index contributed by atoms with van der Waals surface area (Å²) in [4.78, 5) is 65.8. The highest BCUT2D eigenvalue weighted by Gasteiger charge is 2.37. The quantitative estimate of drug-likeness (QED) is 0.0150. The Morgan fingerprint density at radius 2 is 1.37 bits per heavy atom. The number of methoxy groups -OCH3 is 2. The summed E-state index contributed by atoms with van der Waals surface area (Å²) < 4.78 is 40.6. The molecular formula is C54H63IO13. The number of carbonyl (C=O) groups is 5. The summed E-state index contributed by atoms with van der Waals surface area (Å²) in [7, 11) is 2.53. The number of benzene rings is 4. The molecule has 4 aromatic rings. The van der Waals surface area contributed by atoms with Crippen LogP contribution in [0.4, 0.5) is 0 Å². The third kappa shape index (κ3) is 13.1. The van der Waals surface area contributed by atoms with Crippen molar-refractivity contribution >= 4 is 52.3 Å². The smallest absolute Gasteiger partial charge is 0.342 e. The van der Waals surface area contributed by atoms with Crippen LogP contribution in [0.2, 0.25) is 0 Å². The van der Waals surface area contributed by atoms with Crippen LogP contribution >= 0.6 is 22.6 Å². The fourth-order valence-electron chi connectivity index (χ4n) is 8.53. The van der Waals surface area contributed by atoms with Gasteiger partial charge in [0, 0.05) is 20.6 Å². The number of hydrogen-bond acceptors (Lipinski definition) is 13. The number of aromatic hydroxyl groups is 1. The minimum Gasteiger partial charge on any atom is -0.507 e. The number of phenols is 1. The predicted octanol–water partition coefficient (Wildman–Crippen LogP) is 11.6. The van der Waals surface area contributed by atoms with Gasteiger partial charge < -0.3 is 38.3 Å². The minimum absolute atomic E-state index is 0.00133. The lowest BCUT2D eigenvalue weighted by Gasteiger charge is -2.30. The van der Waals surface area contributed by atoms with Crippen molar-refractivity contribution in [2.24, 2.45) is 0 Å². The summed E-state index contributed by atoms with van der Waals surface area (Å²) in [5, 5.41) is 10.6. The number of hydrogen-bond donors (Lipinski definition) is 1. The molecule has 0 aromatic heterocycles. The highest BCUT2D eigenvalue weighted by atomic mass is 127. The van der Waals surface area contributed by atoms with Crippen LogP contribution in [0.5, 0.6) is 17.2 Å². The summed E-state index contributed by atoms with van der Waals surface area (Å²) in [6.07, 6.45) is 5.47. The highest BCUT2D eigenvalue weighted by molar-refractivity contribution is 14.1. The van der Waals surface area contributed by atoms with E-state index in [9.17, 15) is 29.1 Å². The maximum absolute atomic E-state index is 13.8. The Bertz CT molecular complexity index is 2490. The summed E-state index contributed by atoms with van der Waals surface area (Å²) in [5.41, 5.74) is 2.68. The molecule has 2 atom stereocenters. The van der Waals surface area contributed by atoms with Gasteiger partial charge in [-0.1, -0.05) is 61.9 Å². The Morgan fingerprint density at radius 3 is 2.00 bits per heavy atom. The van der Waals surface area contributed by atoms with E-state index in [1.54, 1.807) is 51.1 Å². The SMILES string of the molecule is CCC(CC(/C(C)=C(\C)C(=O)OC1(CC)CCCC1)c1ccc(O)c(C(=O)OC)c1)c1ccc(OCOCCOc2cc(I)c(C(C)=O)cc2C(=O)OC(C)(C)c2ccccc2)c(C(=O)OC)c1. The molecule has 0 amide bonds. The summed E-state index contributed by atoms with van der Waals surface area (Å²) >= 11 is 2.03. The van der Waals surface area contributed by atoms with Crippen LogP contribution in [-0.2, 0) is 34.1 Å². The van der Waals surface area contributed by atoms with Crippen molar-refractivity contribution < 1.29 is 62.2 Å². The van der Waals surface area contributed by atoms with Crippen LogP contribution < -0.4 is 9.47 Å². The van der Waals surface area contributed by atoms with Gasteiger partial charge in [0.25, 0.3) is 0 Å². The molecular weight excluding hydrogens is 983 g/mol. The fourth-order valence-corrected chi connectivity index (χ4v) is 9.35. The molecule has 0 saturated heterocycles. The molecule has 0 heterocycles. The molecule has 1 aliphatic carbocycles. The van der Waals surface area contributed by atoms with Crippen molar-refractivity contribution in [1.82, 2.24) is 0 Å². The molecule has 1 fully saturated rings. The zero-order valence-corrected chi connectivity index (χ0v) is 42.6. The molecule has 4 aromatic carbocycles. The van der Waals surface area contributed by atoms with E-state index in [-0.39, 0.29) is 71.6 Å². The van der Waals surface area contributed by atoms with Crippen LogP contribution in [0.1, 0.15) is 163 Å². The van der Waals surface area contributed by atoms with Gasteiger partial charge >= 0.3 is 23.9 Å². The molecule has 68 heavy (non-hydrogen) atoms. The molecule has 13 nitrogen and oxygen atoms in total. The number of ether oxygens (including phenoxy) is 7. The van der Waals surface area contributed by atoms with Gasteiger partial charge in [-0.2, -0.15) is 0 Å². The zero-order valence-electron chi connectivity index (χ0n) is 40.5. The first-order valence-electron chi connectivity index (χ1n) is 22.9. The molecule has 0 radical (unpaired) electrons. The number of esters is 4. The maximum Gasteiger partial charge on any atom is 0.342 e. The first kappa shape index (κ1) is 53.2. The Kier molecular flexibility index (Phi) is 18.8. The van der Waals surface area contributed by atoms with Gasteiger partial charge in [0.05, 0.1) is 20.8 Å². The number of ketones is 1. The summed E-state index contributed by atoms with van der Waals surface area (Å²) in [6.45, 7) is 12.5. The Balaban J connectivity index is 1.32. The van der Waals surface area contributed by atoms with Crippen molar-refractivity contribution in [2.75, 3.05) is 34.2 Å². The van der Waals surface area contributed by atoms with Gasteiger partial charge in [0.15, 0.2) is 12.6 Å². The molecule has 14 heteroatoms. The predicted molar refractivity (Wildman–Crippen MR) is 265 cm³/mol. The van der Waals surface area contributed by atoms with Crippen molar-refractivity contribution in [3.63, 3.8) is 0 Å². The molecule has 364 valence electrons. The lowest BCUT2D eigenvalue weighted by Crippen LogP contribution is -2.31. The van der Waals surface area contributed by atoms with Crippen LogP contribution in [0.15, 0.2) is 90.0 Å². The molecule has 1 aliphatic rings. The van der Waals surface area contributed by atoms with E-state index < -0.39 is 35.0 Å². The van der Waals surface area contributed by atoms with Gasteiger partial charge in [0.2, 0.25) is 0 Å². The Hall–Kier alpha value is -5.74. The van der Waals surface area contributed by atoms with E-state index in [4.69, 9.17) is 33.2 Å². The monoisotopic (exact) mass is 1050 g/mol. The Labute approximate surface area is 413 Å². The molecule has 2 unspecified atom stereocenters. The number of carbonyl (C=O) groups excluding carboxylic acids is 5. The van der Waals surface area contributed by atoms with Gasteiger partial charge in [0.1, 0.15) is 51.7 Å². The lowest BCUT2D eigenvalue weighted by molar-refractivity contribution is -0.154. The molecule has 0 bridgehead atoms. The van der Waals surface area contributed by atoms with Gasteiger partial charge in [-0.05, 0) is 161 Å². The summed E-state index contributed by atoms with van der Waals surface area (Å²) in [5.74, 6) is -2.94. The second-order valence-corrected chi connectivity index (χ2v) is 18.7. The number of phenolic OH excluding ortho intramolecular Hbond substituents is 1. The van der Waals surface area contributed by atoms with Crippen molar-refractivity contribution in [3.05, 3.63) is 133 Å². The van der Waals surface area contributed by atoms with Crippen LogP contribution in [0.3, 0.4) is 0 Å². The van der Waals surface area contributed by atoms with Crippen molar-refractivity contribution in [1.29, 1.82) is 0 Å². The lowest BCUT2D eigenvalue weighted by atomic mass is 9.78. The van der Waals surface area contributed by atoms with E-state index in [0.29, 0.717) is 33.1 Å². The highest BCUT2D eigenvalue weighted by Crippen LogP contribution is 2.42. The second-order valence-electron chi connectivity index (χ2n) is 17.5. The van der Waals surface area contributed by atoms with Gasteiger partial charge in [-0.25, -0.2) is 19.2 Å². The van der Waals surface area contributed by atoms with E-state index in [1.807, 2.05) is 79.8 Å². The number of halogens is 1. The summed E-state index contributed by atoms with van der Waals surface area (Å²) in [6, 6.07) is 22.5. The van der Waals surface area contributed by atoms with E-state index in [2.05, 4.69) is 0 Å². The first-order chi connectivity index (χ1) is 32.4. The topological polar surface area (TPSA) is 170 Å². The number of allylic oxidation sites excluding steroid dienone is 1. The standard InChI is InChI=1S/C54H63IO13/c1-10-36(27-40(38-19-21-46(57)42(29-38)50(59)62-8)33(3)34(4)49(58)68-54(11-2)23-15-16-24-54)37-20-22-47(43(28-37)51(60)63-9)66-32-64-25-26-65-48-31-45(55)41(35(5)56)30-44(48)52(61)67-53(6,7)39-17-13-12-14-18-39/h12-14,17-22,28-31,36,40,57H,10-11,15-16,23-27,32H2,1-9H3/b34-33+. The van der Waals surface area contributed by atoms with Crippen LogP contribution in [-0.4, -0.2) is 74.6 Å². The molecule has 0 aliphatic heterocycles. The van der Waals surface area contributed by atoms with Gasteiger partial charge in [-0.3, -0.25) is 4.79 Å². The van der Waals surface area contributed by atoms with E-state index in [1.165, 1.54) is 33.3 Å². The van der Waals surface area contributed by atoms with Crippen LogP contribution in [0, 0.1) is 3.57 Å². The normalized spacial score (nSPS) is 14.5. The van der Waals surface area contributed by atoms with Crippen molar-refractivity contribution in [2.45, 2.75) is 116 Å². The largest absolute Gasteiger partial charge is 0.507 e. The third-order valence-corrected chi connectivity index (χ3v) is 13.8. The molecule has 1 N–H and O–H groups in total. The van der Waals surface area contributed by atoms with Crippen molar-refractivity contribution in [3.8, 4) is 17.2 Å². The average Bonchev–Trinajstić information content (AvgIpc) is 3.81. The first-order valence-corrected chi connectivity index (χ1v) is 24.0. The average molecular weight is 1050 g/mol. The fraction of sp³-hybridized carbons (Fsp3) is 0.426. The zero-order chi connectivity index (χ0) is 49.8. The maximum atomic E-state index is 13.8. The third-order valence-electron chi connectivity index (χ3n) is 12.9. The second kappa shape index (κ2) is 24.0. The van der Waals surface area contributed by atoms with E-state index in [0.717, 1.165) is 48.8 Å². The van der Waals surface area contributed by atoms with Crippen LogP contribution in [0.25, 0.3) is 0 Å².